The summed E-state index contributed by atoms with van der Waals surface area (Å²) in [7, 11) is 0. The minimum Gasteiger partial charge on any atom is -0.308 e. The molecule has 0 bridgehead atoms. The van der Waals surface area contributed by atoms with Crippen LogP contribution in [0.15, 0.2) is 73.1 Å². The van der Waals surface area contributed by atoms with Gasteiger partial charge >= 0.3 is 12.2 Å². The fourth-order valence-electron chi connectivity index (χ4n) is 2.99. The lowest BCUT2D eigenvalue weighted by atomic mass is 10.1. The Morgan fingerprint density at radius 3 is 2.43 bits per heavy atom. The summed E-state index contributed by atoms with van der Waals surface area (Å²) in [4.78, 5) is 16.7. The molecule has 2 amide bonds. The zero-order valence-corrected chi connectivity index (χ0v) is 16.0. The predicted octanol–water partition coefficient (Wildman–Crippen LogP) is 6.34. The Labute approximate surface area is 174 Å². The highest BCUT2D eigenvalue weighted by molar-refractivity contribution is 6.30. The molecule has 9 heteroatoms. The first-order valence-electron chi connectivity index (χ1n) is 8.78. The molecule has 5 nitrogen and oxygen atoms in total. The molecule has 4 rings (SSSR count). The molecule has 0 aliphatic carbocycles. The van der Waals surface area contributed by atoms with E-state index in [0.29, 0.717) is 27.4 Å². The molecule has 0 aliphatic heterocycles. The van der Waals surface area contributed by atoms with Crippen LogP contribution in [-0.2, 0) is 6.18 Å². The van der Waals surface area contributed by atoms with Gasteiger partial charge in [-0.15, -0.1) is 0 Å². The normalized spacial score (nSPS) is 11.5. The van der Waals surface area contributed by atoms with Gasteiger partial charge in [0.05, 0.1) is 28.0 Å². The van der Waals surface area contributed by atoms with E-state index in [4.69, 9.17) is 11.6 Å². The molecule has 30 heavy (non-hydrogen) atoms. The lowest BCUT2D eigenvalue weighted by molar-refractivity contribution is -0.137. The second-order valence-electron chi connectivity index (χ2n) is 6.42. The number of carbonyl (C=O) groups is 1. The van der Waals surface area contributed by atoms with E-state index in [0.717, 1.165) is 12.1 Å². The molecule has 4 aromatic rings. The van der Waals surface area contributed by atoms with Gasteiger partial charge in [0.15, 0.2) is 0 Å². The first-order chi connectivity index (χ1) is 14.3. The van der Waals surface area contributed by atoms with E-state index in [2.05, 4.69) is 15.6 Å². The third-order valence-electron chi connectivity index (χ3n) is 4.39. The molecule has 0 spiro atoms. The second-order valence-corrected chi connectivity index (χ2v) is 6.86. The van der Waals surface area contributed by atoms with Gasteiger partial charge in [-0.25, -0.2) is 9.78 Å². The maximum atomic E-state index is 13.3. The molecular formula is C21H14ClF3N4O. The summed E-state index contributed by atoms with van der Waals surface area (Å²) in [5.41, 5.74) is 1.27. The number of urea groups is 1. The molecule has 1 heterocycles. The van der Waals surface area contributed by atoms with Gasteiger partial charge in [0, 0.05) is 10.7 Å². The van der Waals surface area contributed by atoms with E-state index in [1.807, 2.05) is 6.07 Å². The van der Waals surface area contributed by atoms with Crippen LogP contribution < -0.4 is 10.6 Å². The number of carbonyl (C=O) groups excluding carboxylic acids is 1. The fraction of sp³-hybridized carbons (Fsp3) is 0.0476. The number of nitrogens with zero attached hydrogens (tertiary/aromatic N) is 2. The van der Waals surface area contributed by atoms with Crippen molar-refractivity contribution in [1.82, 2.24) is 9.55 Å². The molecule has 0 atom stereocenters. The van der Waals surface area contributed by atoms with Crippen LogP contribution in [0, 0.1) is 0 Å². The highest BCUT2D eigenvalue weighted by Gasteiger charge is 2.31. The molecule has 0 saturated carbocycles. The van der Waals surface area contributed by atoms with Crippen LogP contribution in [0.3, 0.4) is 0 Å². The number of aromatic nitrogens is 2. The van der Waals surface area contributed by atoms with E-state index >= 15 is 0 Å². The van der Waals surface area contributed by atoms with Crippen molar-refractivity contribution in [3.8, 4) is 5.69 Å². The van der Waals surface area contributed by atoms with Crippen LogP contribution >= 0.6 is 11.6 Å². The van der Waals surface area contributed by atoms with Gasteiger partial charge in [0.2, 0.25) is 0 Å². The first kappa shape index (κ1) is 19.8. The molecule has 0 unspecified atom stereocenters. The lowest BCUT2D eigenvalue weighted by Gasteiger charge is -2.16. The maximum Gasteiger partial charge on any atom is 0.416 e. The Kier molecular flexibility index (Phi) is 5.09. The monoisotopic (exact) mass is 430 g/mol. The third kappa shape index (κ3) is 4.08. The predicted molar refractivity (Wildman–Crippen MR) is 110 cm³/mol. The summed E-state index contributed by atoms with van der Waals surface area (Å²) in [6, 6.07) is 16.0. The van der Waals surface area contributed by atoms with Crippen molar-refractivity contribution in [1.29, 1.82) is 0 Å². The smallest absolute Gasteiger partial charge is 0.308 e. The van der Waals surface area contributed by atoms with Crippen LogP contribution in [0.4, 0.5) is 29.3 Å². The molecular weight excluding hydrogens is 417 g/mol. The van der Waals surface area contributed by atoms with Gasteiger partial charge in [-0.05, 0) is 54.6 Å². The highest BCUT2D eigenvalue weighted by Crippen LogP contribution is 2.34. The summed E-state index contributed by atoms with van der Waals surface area (Å²) in [5.74, 6) is 0. The van der Waals surface area contributed by atoms with Crippen molar-refractivity contribution in [2.75, 3.05) is 10.6 Å². The molecule has 0 aliphatic rings. The topological polar surface area (TPSA) is 59.0 Å². The van der Waals surface area contributed by atoms with Crippen LogP contribution in [0.1, 0.15) is 5.56 Å². The number of nitrogens with one attached hydrogen (secondary N) is 2. The Bertz CT molecular complexity index is 1220. The second kappa shape index (κ2) is 7.72. The molecule has 2 N–H and O–H groups in total. The number of amides is 2. The number of fused-ring (bicyclic) bond motifs is 1. The summed E-state index contributed by atoms with van der Waals surface area (Å²) >= 11 is 5.82. The third-order valence-corrected chi connectivity index (χ3v) is 4.64. The highest BCUT2D eigenvalue weighted by atomic mass is 35.5. The van der Waals surface area contributed by atoms with Gasteiger partial charge in [-0.3, -0.25) is 4.57 Å². The summed E-state index contributed by atoms with van der Waals surface area (Å²) < 4.78 is 41.4. The Hall–Kier alpha value is -3.52. The SMILES string of the molecule is O=C(Nc1ccc(Cl)cc1)Nc1cc(C(F)(F)F)ccc1-n1cnc2ccccc21. The maximum absolute atomic E-state index is 13.3. The van der Waals surface area contributed by atoms with E-state index in [1.165, 1.54) is 12.4 Å². The quantitative estimate of drug-likeness (QED) is 0.398. The van der Waals surface area contributed by atoms with Gasteiger partial charge < -0.3 is 10.6 Å². The number of benzene rings is 3. The average molecular weight is 431 g/mol. The van der Waals surface area contributed by atoms with Gasteiger partial charge in [-0.1, -0.05) is 23.7 Å². The van der Waals surface area contributed by atoms with Gasteiger partial charge in [0.25, 0.3) is 0 Å². The number of hydrogen-bond donors (Lipinski definition) is 2. The first-order valence-corrected chi connectivity index (χ1v) is 9.16. The zero-order valence-electron chi connectivity index (χ0n) is 15.2. The van der Waals surface area contributed by atoms with E-state index in [-0.39, 0.29) is 5.69 Å². The fourth-order valence-corrected chi connectivity index (χ4v) is 3.12. The Morgan fingerprint density at radius 1 is 0.967 bits per heavy atom. The van der Waals surface area contributed by atoms with Crippen molar-refractivity contribution in [2.45, 2.75) is 6.18 Å². The number of hydrogen-bond acceptors (Lipinski definition) is 2. The minimum absolute atomic E-state index is 0.0144. The van der Waals surface area contributed by atoms with Crippen molar-refractivity contribution < 1.29 is 18.0 Å². The Balaban J connectivity index is 1.72. The van der Waals surface area contributed by atoms with Crippen molar-refractivity contribution >= 4 is 40.0 Å². The lowest BCUT2D eigenvalue weighted by Crippen LogP contribution is -2.21. The van der Waals surface area contributed by atoms with Gasteiger partial charge in [-0.2, -0.15) is 13.2 Å². The molecule has 0 saturated heterocycles. The largest absolute Gasteiger partial charge is 0.416 e. The standard InChI is InChI=1S/C21H14ClF3N4O/c22-14-6-8-15(9-7-14)27-20(30)28-17-11-13(21(23,24)25)5-10-19(17)29-12-26-16-3-1-2-4-18(16)29/h1-12H,(H2,27,28,30). The van der Waals surface area contributed by atoms with Crippen LogP contribution in [-0.4, -0.2) is 15.6 Å². The number of rotatable bonds is 3. The van der Waals surface area contributed by atoms with Crippen LogP contribution in [0.2, 0.25) is 5.02 Å². The van der Waals surface area contributed by atoms with Crippen LogP contribution in [0.25, 0.3) is 16.7 Å². The van der Waals surface area contributed by atoms with Crippen molar-refractivity contribution in [3.05, 3.63) is 83.6 Å². The number of halogens is 4. The molecule has 3 aromatic carbocycles. The molecule has 1 aromatic heterocycles. The van der Waals surface area contributed by atoms with E-state index < -0.39 is 17.8 Å². The number of imidazole rings is 1. The average Bonchev–Trinajstić information content (AvgIpc) is 3.13. The summed E-state index contributed by atoms with van der Waals surface area (Å²) in [5, 5.41) is 5.57. The van der Waals surface area contributed by atoms with Crippen molar-refractivity contribution in [3.63, 3.8) is 0 Å². The van der Waals surface area contributed by atoms with Crippen molar-refractivity contribution in [2.24, 2.45) is 0 Å². The summed E-state index contributed by atoms with van der Waals surface area (Å²) in [6.07, 6.45) is -3.06. The number of alkyl halides is 3. The molecule has 0 fully saturated rings. The Morgan fingerprint density at radius 2 is 1.70 bits per heavy atom. The summed E-state index contributed by atoms with van der Waals surface area (Å²) in [6.45, 7) is 0. The zero-order chi connectivity index (χ0) is 21.3. The molecule has 152 valence electrons. The van der Waals surface area contributed by atoms with Crippen LogP contribution in [0.5, 0.6) is 0 Å². The van der Waals surface area contributed by atoms with E-state index in [9.17, 15) is 18.0 Å². The number of para-hydroxylation sites is 2. The van der Waals surface area contributed by atoms with Gasteiger partial charge in [0.1, 0.15) is 6.33 Å². The molecule has 0 radical (unpaired) electrons. The number of anilines is 2. The van der Waals surface area contributed by atoms with E-state index in [1.54, 1.807) is 47.0 Å². The minimum atomic E-state index is -4.56.